The van der Waals surface area contributed by atoms with Crippen LogP contribution in [-0.2, 0) is 9.84 Å². The SMILES string of the molecule is COc1ccc(-c2nc3nc(C)ccn3c2-c2ccccc2S(C)(=O)=O)cc1. The molecule has 0 saturated carbocycles. The van der Waals surface area contributed by atoms with Crippen LogP contribution in [0, 0.1) is 6.92 Å². The maximum atomic E-state index is 12.4. The molecule has 2 aromatic heterocycles. The molecule has 4 aromatic rings. The lowest BCUT2D eigenvalue weighted by Gasteiger charge is -2.10. The van der Waals surface area contributed by atoms with Crippen LogP contribution in [0.15, 0.2) is 65.7 Å². The van der Waals surface area contributed by atoms with E-state index in [1.165, 1.54) is 6.26 Å². The van der Waals surface area contributed by atoms with Gasteiger partial charge in [-0.3, -0.25) is 4.40 Å². The maximum absolute atomic E-state index is 12.4. The summed E-state index contributed by atoms with van der Waals surface area (Å²) in [6.07, 6.45) is 3.08. The third-order valence-corrected chi connectivity index (χ3v) is 5.69. The molecule has 0 fully saturated rings. The zero-order valence-corrected chi connectivity index (χ0v) is 16.6. The van der Waals surface area contributed by atoms with Gasteiger partial charge in [-0.1, -0.05) is 18.2 Å². The molecule has 0 aliphatic heterocycles. The monoisotopic (exact) mass is 393 g/mol. The molecular formula is C21H19N3O3S. The number of fused-ring (bicyclic) bond motifs is 1. The highest BCUT2D eigenvalue weighted by molar-refractivity contribution is 7.90. The molecule has 0 unspecified atom stereocenters. The van der Waals surface area contributed by atoms with Crippen LogP contribution in [0.1, 0.15) is 5.69 Å². The zero-order chi connectivity index (χ0) is 19.9. The molecule has 7 heteroatoms. The Morgan fingerprint density at radius 3 is 2.36 bits per heavy atom. The van der Waals surface area contributed by atoms with Crippen molar-refractivity contribution in [2.75, 3.05) is 13.4 Å². The zero-order valence-electron chi connectivity index (χ0n) is 15.7. The van der Waals surface area contributed by atoms with E-state index in [4.69, 9.17) is 9.72 Å². The van der Waals surface area contributed by atoms with Crippen molar-refractivity contribution in [2.45, 2.75) is 11.8 Å². The molecule has 0 spiro atoms. The molecule has 142 valence electrons. The number of hydrogen-bond acceptors (Lipinski definition) is 5. The quantitative estimate of drug-likeness (QED) is 0.527. The molecule has 0 N–H and O–H groups in total. The molecule has 6 nitrogen and oxygen atoms in total. The lowest BCUT2D eigenvalue weighted by Crippen LogP contribution is -2.02. The first kappa shape index (κ1) is 18.2. The number of nitrogens with zero attached hydrogens (tertiary/aromatic N) is 3. The highest BCUT2D eigenvalue weighted by atomic mass is 32.2. The Morgan fingerprint density at radius 1 is 0.964 bits per heavy atom. The van der Waals surface area contributed by atoms with Crippen molar-refractivity contribution >= 4 is 15.6 Å². The van der Waals surface area contributed by atoms with Crippen molar-refractivity contribution in [3.05, 3.63) is 66.5 Å². The molecule has 0 amide bonds. The highest BCUT2D eigenvalue weighted by Gasteiger charge is 2.22. The fraction of sp³-hybridized carbons (Fsp3) is 0.143. The molecule has 0 aliphatic rings. The molecule has 0 saturated heterocycles. The number of aryl methyl sites for hydroxylation is 1. The van der Waals surface area contributed by atoms with E-state index in [0.29, 0.717) is 22.7 Å². The van der Waals surface area contributed by atoms with Gasteiger partial charge in [0.1, 0.15) is 5.75 Å². The number of benzene rings is 2. The summed E-state index contributed by atoms with van der Waals surface area (Å²) in [5.74, 6) is 1.25. The third kappa shape index (κ3) is 3.14. The smallest absolute Gasteiger partial charge is 0.235 e. The van der Waals surface area contributed by atoms with E-state index in [-0.39, 0.29) is 4.90 Å². The molecule has 2 heterocycles. The Bertz CT molecular complexity index is 1280. The van der Waals surface area contributed by atoms with Gasteiger partial charge in [0.15, 0.2) is 9.84 Å². The molecule has 28 heavy (non-hydrogen) atoms. The largest absolute Gasteiger partial charge is 0.497 e. The molecule has 4 rings (SSSR count). The Hall–Kier alpha value is -3.19. The van der Waals surface area contributed by atoms with Gasteiger partial charge < -0.3 is 4.74 Å². The standard InChI is InChI=1S/C21H19N3O3S/c1-14-12-13-24-20(17-6-4-5-7-18(17)28(3,25)26)19(23-21(24)22-14)15-8-10-16(27-2)11-9-15/h4-13H,1-3H3. The van der Waals surface area contributed by atoms with E-state index in [9.17, 15) is 8.42 Å². The predicted molar refractivity (Wildman–Crippen MR) is 108 cm³/mol. The van der Waals surface area contributed by atoms with E-state index in [2.05, 4.69) is 4.98 Å². The minimum absolute atomic E-state index is 0.257. The maximum Gasteiger partial charge on any atom is 0.235 e. The molecule has 2 aromatic carbocycles. The average molecular weight is 393 g/mol. The summed E-state index contributed by atoms with van der Waals surface area (Å²) in [6.45, 7) is 1.89. The second kappa shape index (κ2) is 6.76. The first-order valence-corrected chi connectivity index (χ1v) is 10.6. The van der Waals surface area contributed by atoms with Crippen molar-refractivity contribution in [1.82, 2.24) is 14.4 Å². The van der Waals surface area contributed by atoms with Crippen LogP contribution in [0.3, 0.4) is 0 Å². The molecule has 0 atom stereocenters. The van der Waals surface area contributed by atoms with Crippen LogP contribution >= 0.6 is 0 Å². The van der Waals surface area contributed by atoms with Gasteiger partial charge in [0.05, 0.1) is 23.4 Å². The van der Waals surface area contributed by atoms with E-state index in [1.54, 1.807) is 25.3 Å². The molecular weight excluding hydrogens is 374 g/mol. The fourth-order valence-corrected chi connectivity index (χ4v) is 4.10. The van der Waals surface area contributed by atoms with Crippen molar-refractivity contribution in [1.29, 1.82) is 0 Å². The van der Waals surface area contributed by atoms with Crippen molar-refractivity contribution in [2.24, 2.45) is 0 Å². The lowest BCUT2D eigenvalue weighted by molar-refractivity contribution is 0.415. The van der Waals surface area contributed by atoms with Crippen LogP contribution in [0.2, 0.25) is 0 Å². The fourth-order valence-electron chi connectivity index (χ4n) is 3.21. The third-order valence-electron chi connectivity index (χ3n) is 4.54. The molecule has 0 bridgehead atoms. The van der Waals surface area contributed by atoms with Gasteiger partial charge in [0.25, 0.3) is 0 Å². The van der Waals surface area contributed by atoms with Gasteiger partial charge in [-0.2, -0.15) is 0 Å². The number of hydrogen-bond donors (Lipinski definition) is 0. The minimum Gasteiger partial charge on any atom is -0.497 e. The van der Waals surface area contributed by atoms with Gasteiger partial charge in [-0.05, 0) is 43.3 Å². The summed E-state index contributed by atoms with van der Waals surface area (Å²) in [4.78, 5) is 9.48. The van der Waals surface area contributed by atoms with Crippen molar-refractivity contribution in [3.8, 4) is 28.3 Å². The summed E-state index contributed by atoms with van der Waals surface area (Å²) in [7, 11) is -1.82. The summed E-state index contributed by atoms with van der Waals surface area (Å²) in [5.41, 5.74) is 3.63. The average Bonchev–Trinajstić information content (AvgIpc) is 3.05. The van der Waals surface area contributed by atoms with Crippen molar-refractivity contribution in [3.63, 3.8) is 0 Å². The second-order valence-corrected chi connectivity index (χ2v) is 8.53. The van der Waals surface area contributed by atoms with Gasteiger partial charge >= 0.3 is 0 Å². The molecule has 0 radical (unpaired) electrons. The Kier molecular flexibility index (Phi) is 4.39. The van der Waals surface area contributed by atoms with Gasteiger partial charge in [0, 0.05) is 29.3 Å². The van der Waals surface area contributed by atoms with Gasteiger partial charge in [-0.15, -0.1) is 0 Å². The summed E-state index contributed by atoms with van der Waals surface area (Å²) in [5, 5.41) is 0. The normalized spacial score (nSPS) is 11.7. The van der Waals surface area contributed by atoms with Crippen LogP contribution in [0.25, 0.3) is 28.3 Å². The first-order chi connectivity index (χ1) is 13.4. The number of methoxy groups -OCH3 is 1. The van der Waals surface area contributed by atoms with Gasteiger partial charge in [0.2, 0.25) is 5.78 Å². The topological polar surface area (TPSA) is 73.6 Å². The molecule has 0 aliphatic carbocycles. The summed E-state index contributed by atoms with van der Waals surface area (Å²) < 4.78 is 31.9. The second-order valence-electron chi connectivity index (χ2n) is 6.54. The van der Waals surface area contributed by atoms with Crippen LogP contribution in [0.5, 0.6) is 5.75 Å². The predicted octanol–water partition coefficient (Wildman–Crippen LogP) is 3.78. The first-order valence-electron chi connectivity index (χ1n) is 8.68. The summed E-state index contributed by atoms with van der Waals surface area (Å²) in [6, 6.07) is 16.3. The number of aromatic nitrogens is 3. The van der Waals surface area contributed by atoms with Gasteiger partial charge in [-0.25, -0.2) is 18.4 Å². The lowest BCUT2D eigenvalue weighted by atomic mass is 10.0. The van der Waals surface area contributed by atoms with Crippen LogP contribution in [-0.4, -0.2) is 36.2 Å². The number of rotatable bonds is 4. The number of imidazole rings is 1. The van der Waals surface area contributed by atoms with E-state index >= 15 is 0 Å². The van der Waals surface area contributed by atoms with Crippen LogP contribution < -0.4 is 4.74 Å². The number of sulfone groups is 1. The Labute approximate surface area is 163 Å². The van der Waals surface area contributed by atoms with E-state index in [0.717, 1.165) is 17.0 Å². The number of ether oxygens (including phenoxy) is 1. The minimum atomic E-state index is -3.43. The Morgan fingerprint density at radius 2 is 1.68 bits per heavy atom. The van der Waals surface area contributed by atoms with E-state index < -0.39 is 9.84 Å². The van der Waals surface area contributed by atoms with E-state index in [1.807, 2.05) is 53.9 Å². The van der Waals surface area contributed by atoms with Crippen LogP contribution in [0.4, 0.5) is 0 Å². The Balaban J connectivity index is 2.07. The highest BCUT2D eigenvalue weighted by Crippen LogP contribution is 2.36. The summed E-state index contributed by atoms with van der Waals surface area (Å²) >= 11 is 0. The van der Waals surface area contributed by atoms with Crippen molar-refractivity contribution < 1.29 is 13.2 Å².